The van der Waals surface area contributed by atoms with E-state index in [0.717, 1.165) is 22.6 Å². The average molecular weight is 367 g/mol. The topological polar surface area (TPSA) is 42.8 Å². The van der Waals surface area contributed by atoms with Gasteiger partial charge in [-0.3, -0.25) is 4.79 Å². The van der Waals surface area contributed by atoms with Crippen LogP contribution in [0.4, 0.5) is 13.2 Å². The van der Waals surface area contributed by atoms with Crippen LogP contribution in [0.25, 0.3) is 0 Å². The van der Waals surface area contributed by atoms with Gasteiger partial charge >= 0.3 is 6.18 Å². The van der Waals surface area contributed by atoms with Gasteiger partial charge in [-0.1, -0.05) is 36.4 Å². The third-order valence-corrected chi connectivity index (χ3v) is 3.68. The molecular formula is C19H22F3N2O2+. The van der Waals surface area contributed by atoms with Crippen molar-refractivity contribution < 1.29 is 27.6 Å². The molecule has 4 nitrogen and oxygen atoms in total. The first kappa shape index (κ1) is 19.8. The molecule has 0 saturated carbocycles. The number of quaternary nitrogens is 1. The van der Waals surface area contributed by atoms with Gasteiger partial charge in [-0.05, 0) is 23.8 Å². The summed E-state index contributed by atoms with van der Waals surface area (Å²) in [5.74, 6) is -0.387. The van der Waals surface area contributed by atoms with Crippen LogP contribution in [-0.4, -0.2) is 33.2 Å². The Bertz CT molecular complexity index is 718. The van der Waals surface area contributed by atoms with Crippen LogP contribution < -0.4 is 15.0 Å². The summed E-state index contributed by atoms with van der Waals surface area (Å²) in [4.78, 5) is 13.3. The summed E-state index contributed by atoms with van der Waals surface area (Å²) in [5, 5.41) is 2.87. The largest absolute Gasteiger partial charge is 0.484 e. The van der Waals surface area contributed by atoms with E-state index < -0.39 is 17.6 Å². The second-order valence-corrected chi connectivity index (χ2v) is 6.26. The summed E-state index contributed by atoms with van der Waals surface area (Å²) in [6.07, 6.45) is -4.45. The Kier molecular flexibility index (Phi) is 6.63. The van der Waals surface area contributed by atoms with Gasteiger partial charge < -0.3 is 15.0 Å². The molecule has 2 N–H and O–H groups in total. The SMILES string of the molecule is C[NH+](C)C[C@H](NC(=O)COc1cccc(C(F)(F)F)c1)c1ccccc1. The molecule has 1 amide bonds. The van der Waals surface area contributed by atoms with E-state index in [-0.39, 0.29) is 18.4 Å². The normalized spacial score (nSPS) is 12.7. The highest BCUT2D eigenvalue weighted by atomic mass is 19.4. The quantitative estimate of drug-likeness (QED) is 0.787. The lowest BCUT2D eigenvalue weighted by atomic mass is 10.1. The van der Waals surface area contributed by atoms with E-state index in [2.05, 4.69) is 5.32 Å². The molecule has 1 atom stereocenters. The van der Waals surface area contributed by atoms with Crippen molar-refractivity contribution in [1.82, 2.24) is 5.32 Å². The molecule has 0 aliphatic heterocycles. The number of carbonyl (C=O) groups is 1. The summed E-state index contributed by atoms with van der Waals surface area (Å²) in [6.45, 7) is 0.312. The molecule has 7 heteroatoms. The van der Waals surface area contributed by atoms with E-state index in [1.165, 1.54) is 12.1 Å². The highest BCUT2D eigenvalue weighted by molar-refractivity contribution is 5.78. The number of likely N-dealkylation sites (N-methyl/N-ethyl adjacent to an activating group) is 1. The zero-order chi connectivity index (χ0) is 19.2. The second-order valence-electron chi connectivity index (χ2n) is 6.26. The van der Waals surface area contributed by atoms with Crippen LogP contribution in [0.5, 0.6) is 5.75 Å². The lowest BCUT2D eigenvalue weighted by Crippen LogP contribution is -3.06. The Morgan fingerprint density at radius 1 is 1.12 bits per heavy atom. The molecule has 0 bridgehead atoms. The van der Waals surface area contributed by atoms with Crippen molar-refractivity contribution >= 4 is 5.91 Å². The standard InChI is InChI=1S/C19H21F3N2O2/c1-24(2)12-17(14-7-4-3-5-8-14)23-18(25)13-26-16-10-6-9-15(11-16)19(20,21)22/h3-11,17H,12-13H2,1-2H3,(H,23,25)/p+1/t17-/m0/s1. The number of hydrogen-bond donors (Lipinski definition) is 2. The lowest BCUT2D eigenvalue weighted by Gasteiger charge is -2.21. The van der Waals surface area contributed by atoms with Crippen molar-refractivity contribution in [2.75, 3.05) is 27.2 Å². The maximum absolute atomic E-state index is 12.7. The molecule has 140 valence electrons. The predicted octanol–water partition coefficient (Wildman–Crippen LogP) is 2.09. The second kappa shape index (κ2) is 8.71. The molecule has 0 spiro atoms. The maximum Gasteiger partial charge on any atom is 0.416 e. The van der Waals surface area contributed by atoms with Crippen LogP contribution in [0.2, 0.25) is 0 Å². The Balaban J connectivity index is 1.98. The first-order valence-corrected chi connectivity index (χ1v) is 8.19. The van der Waals surface area contributed by atoms with Crippen molar-refractivity contribution in [1.29, 1.82) is 0 Å². The van der Waals surface area contributed by atoms with Crippen molar-refractivity contribution in [2.24, 2.45) is 0 Å². The number of benzene rings is 2. The van der Waals surface area contributed by atoms with Crippen molar-refractivity contribution in [3.8, 4) is 5.75 Å². The molecule has 0 saturated heterocycles. The van der Waals surface area contributed by atoms with Gasteiger partial charge in [-0.2, -0.15) is 13.2 Å². The first-order chi connectivity index (χ1) is 12.3. The van der Waals surface area contributed by atoms with Gasteiger partial charge in [0.1, 0.15) is 18.3 Å². The van der Waals surface area contributed by atoms with Crippen molar-refractivity contribution in [3.63, 3.8) is 0 Å². The number of rotatable bonds is 7. The number of amides is 1. The Morgan fingerprint density at radius 3 is 2.42 bits per heavy atom. The molecule has 0 heterocycles. The van der Waals surface area contributed by atoms with E-state index in [9.17, 15) is 18.0 Å². The lowest BCUT2D eigenvalue weighted by molar-refractivity contribution is -0.860. The monoisotopic (exact) mass is 367 g/mol. The van der Waals surface area contributed by atoms with Gasteiger partial charge in [0.25, 0.3) is 5.91 Å². The number of halogens is 3. The van der Waals surface area contributed by atoms with E-state index in [1.54, 1.807) is 0 Å². The number of hydrogen-bond acceptors (Lipinski definition) is 2. The molecule has 0 fully saturated rings. The number of nitrogens with one attached hydrogen (secondary N) is 2. The zero-order valence-corrected chi connectivity index (χ0v) is 14.6. The summed E-state index contributed by atoms with van der Waals surface area (Å²) >= 11 is 0. The van der Waals surface area contributed by atoms with Crippen LogP contribution in [0.3, 0.4) is 0 Å². The Hall–Kier alpha value is -2.54. The first-order valence-electron chi connectivity index (χ1n) is 8.19. The molecular weight excluding hydrogens is 345 g/mol. The van der Waals surface area contributed by atoms with E-state index in [1.807, 2.05) is 44.4 Å². The summed E-state index contributed by atoms with van der Waals surface area (Å²) in [7, 11) is 3.95. The zero-order valence-electron chi connectivity index (χ0n) is 14.6. The summed E-state index contributed by atoms with van der Waals surface area (Å²) in [6, 6.07) is 13.8. The maximum atomic E-state index is 12.7. The molecule has 2 aromatic rings. The van der Waals surface area contributed by atoms with Crippen molar-refractivity contribution in [3.05, 3.63) is 65.7 Å². The Labute approximate surface area is 150 Å². The van der Waals surface area contributed by atoms with Gasteiger partial charge in [-0.15, -0.1) is 0 Å². The fraction of sp³-hybridized carbons (Fsp3) is 0.316. The highest BCUT2D eigenvalue weighted by Crippen LogP contribution is 2.31. The molecule has 0 unspecified atom stereocenters. The number of alkyl halides is 3. The molecule has 0 aliphatic rings. The van der Waals surface area contributed by atoms with E-state index in [0.29, 0.717) is 6.54 Å². The minimum Gasteiger partial charge on any atom is -0.484 e. The smallest absolute Gasteiger partial charge is 0.416 e. The van der Waals surface area contributed by atoms with Gasteiger partial charge in [0.15, 0.2) is 6.61 Å². The minimum atomic E-state index is -4.45. The molecule has 0 radical (unpaired) electrons. The fourth-order valence-corrected chi connectivity index (χ4v) is 2.49. The van der Waals surface area contributed by atoms with Gasteiger partial charge in [-0.25, -0.2) is 0 Å². The van der Waals surface area contributed by atoms with Crippen LogP contribution in [0, 0.1) is 0 Å². The van der Waals surface area contributed by atoms with Gasteiger partial charge in [0.2, 0.25) is 0 Å². The fourth-order valence-electron chi connectivity index (χ4n) is 2.49. The molecule has 0 aromatic heterocycles. The summed E-state index contributed by atoms with van der Waals surface area (Å²) < 4.78 is 43.4. The third-order valence-electron chi connectivity index (χ3n) is 3.68. The van der Waals surface area contributed by atoms with E-state index >= 15 is 0 Å². The third kappa shape index (κ3) is 6.07. The van der Waals surface area contributed by atoms with Crippen LogP contribution >= 0.6 is 0 Å². The highest BCUT2D eigenvalue weighted by Gasteiger charge is 2.30. The molecule has 0 aliphatic carbocycles. The Morgan fingerprint density at radius 2 is 1.81 bits per heavy atom. The predicted molar refractivity (Wildman–Crippen MR) is 91.9 cm³/mol. The summed E-state index contributed by atoms with van der Waals surface area (Å²) in [5.41, 5.74) is 0.148. The van der Waals surface area contributed by atoms with Crippen molar-refractivity contribution in [2.45, 2.75) is 12.2 Å². The van der Waals surface area contributed by atoms with Crippen LogP contribution in [0.1, 0.15) is 17.2 Å². The van der Waals surface area contributed by atoms with Gasteiger partial charge in [0.05, 0.1) is 19.7 Å². The molecule has 26 heavy (non-hydrogen) atoms. The van der Waals surface area contributed by atoms with E-state index in [4.69, 9.17) is 4.74 Å². The van der Waals surface area contributed by atoms with Crippen LogP contribution in [-0.2, 0) is 11.0 Å². The van der Waals surface area contributed by atoms with Crippen LogP contribution in [0.15, 0.2) is 54.6 Å². The molecule has 2 rings (SSSR count). The molecule has 2 aromatic carbocycles. The van der Waals surface area contributed by atoms with Gasteiger partial charge in [0, 0.05) is 0 Å². The number of carbonyl (C=O) groups excluding carboxylic acids is 1. The minimum absolute atomic E-state index is 0.00414. The average Bonchev–Trinajstić information content (AvgIpc) is 2.59. The number of ether oxygens (including phenoxy) is 1.